The molecule has 0 saturated carbocycles. The molecule has 0 radical (unpaired) electrons. The van der Waals surface area contributed by atoms with E-state index in [1.807, 2.05) is 90.9 Å². The number of ether oxygens (including phenoxy) is 2. The van der Waals surface area contributed by atoms with Crippen molar-refractivity contribution in [3.05, 3.63) is 35.9 Å². The van der Waals surface area contributed by atoms with Gasteiger partial charge in [-0.25, -0.2) is 4.79 Å². The zero-order valence-electron chi connectivity index (χ0n) is 33.4. The fourth-order valence-electron chi connectivity index (χ4n) is 7.65. The number of likely N-dealkylation sites (tertiary alicyclic amines) is 1. The van der Waals surface area contributed by atoms with Crippen molar-refractivity contribution in [3.8, 4) is 0 Å². The Hall–Kier alpha value is -3.55. The van der Waals surface area contributed by atoms with Gasteiger partial charge in [-0.1, -0.05) is 78.8 Å². The molecule has 1 aromatic carbocycles. The van der Waals surface area contributed by atoms with Crippen LogP contribution in [-0.2, 0) is 39.9 Å². The first-order valence-corrected chi connectivity index (χ1v) is 18.5. The van der Waals surface area contributed by atoms with Gasteiger partial charge >= 0.3 is 5.97 Å². The molecule has 0 bridgehead atoms. The Morgan fingerprint density at radius 3 is 1.96 bits per heavy atom. The third-order valence-corrected chi connectivity index (χ3v) is 10.3. The van der Waals surface area contributed by atoms with Gasteiger partial charge in [0.2, 0.25) is 23.6 Å². The number of aliphatic carboxylic acids is 1. The molecule has 1 aliphatic rings. The van der Waals surface area contributed by atoms with E-state index in [1.165, 1.54) is 14.2 Å². The largest absolute Gasteiger partial charge is 0.480 e. The second-order valence-electron chi connectivity index (χ2n) is 15.4. The van der Waals surface area contributed by atoms with E-state index in [-0.39, 0.29) is 48.3 Å². The van der Waals surface area contributed by atoms with Crippen molar-refractivity contribution in [1.82, 2.24) is 25.3 Å². The van der Waals surface area contributed by atoms with E-state index in [2.05, 4.69) is 10.6 Å². The minimum absolute atomic E-state index is 0.0165. The van der Waals surface area contributed by atoms with Crippen LogP contribution in [0.25, 0.3) is 0 Å². The van der Waals surface area contributed by atoms with Crippen molar-refractivity contribution >= 4 is 29.6 Å². The maximum absolute atomic E-state index is 14.1. The number of amides is 4. The molecule has 0 aromatic heterocycles. The summed E-state index contributed by atoms with van der Waals surface area (Å²) in [6.07, 6.45) is 0.0875. The fraction of sp³-hybridized carbons (Fsp3) is 0.718. The lowest BCUT2D eigenvalue weighted by Gasteiger charge is -2.40. The molecule has 1 aromatic rings. The van der Waals surface area contributed by atoms with Crippen LogP contribution in [0.4, 0.5) is 0 Å². The number of carbonyl (C=O) groups excluding carboxylic acids is 4. The van der Waals surface area contributed by atoms with Crippen molar-refractivity contribution in [1.29, 1.82) is 0 Å². The molecular formula is C39H65N5O8. The van der Waals surface area contributed by atoms with Crippen LogP contribution in [0, 0.1) is 23.7 Å². The molecule has 0 aliphatic carbocycles. The van der Waals surface area contributed by atoms with Crippen LogP contribution in [0.2, 0.25) is 0 Å². The Kier molecular flexibility index (Phi) is 17.7. The molecule has 0 unspecified atom stereocenters. The first-order chi connectivity index (χ1) is 24.4. The van der Waals surface area contributed by atoms with E-state index in [1.54, 1.807) is 23.8 Å². The van der Waals surface area contributed by atoms with Crippen LogP contribution in [0.1, 0.15) is 73.3 Å². The van der Waals surface area contributed by atoms with Gasteiger partial charge in [-0.05, 0) is 50.3 Å². The highest BCUT2D eigenvalue weighted by Gasteiger charge is 2.43. The average Bonchev–Trinajstić information content (AvgIpc) is 3.55. The topological polar surface area (TPSA) is 158 Å². The van der Waals surface area contributed by atoms with Crippen molar-refractivity contribution in [2.24, 2.45) is 23.7 Å². The van der Waals surface area contributed by atoms with Crippen molar-refractivity contribution < 1.29 is 38.6 Å². The summed E-state index contributed by atoms with van der Waals surface area (Å²) in [5.74, 6) is -3.28. The van der Waals surface area contributed by atoms with Crippen LogP contribution >= 0.6 is 0 Å². The number of benzene rings is 1. The van der Waals surface area contributed by atoms with Gasteiger partial charge in [-0.2, -0.15) is 0 Å². The van der Waals surface area contributed by atoms with Crippen LogP contribution in [-0.4, -0.2) is 134 Å². The number of carboxylic acids is 1. The summed E-state index contributed by atoms with van der Waals surface area (Å²) in [6, 6.07) is 5.87. The summed E-state index contributed by atoms with van der Waals surface area (Å²) in [4.78, 5) is 72.2. The maximum atomic E-state index is 14.1. The molecule has 294 valence electrons. The molecule has 1 saturated heterocycles. The molecule has 52 heavy (non-hydrogen) atoms. The number of nitrogens with one attached hydrogen (secondary N) is 2. The van der Waals surface area contributed by atoms with Crippen molar-refractivity contribution in [2.45, 2.75) is 117 Å². The van der Waals surface area contributed by atoms with E-state index in [4.69, 9.17) is 9.47 Å². The average molecular weight is 732 g/mol. The third-order valence-electron chi connectivity index (χ3n) is 10.3. The molecule has 8 atom stereocenters. The first-order valence-electron chi connectivity index (χ1n) is 18.5. The van der Waals surface area contributed by atoms with Crippen LogP contribution in [0.5, 0.6) is 0 Å². The Morgan fingerprint density at radius 2 is 1.48 bits per heavy atom. The Balaban J connectivity index is 2.24. The number of rotatable bonds is 20. The lowest BCUT2D eigenvalue weighted by molar-refractivity contribution is -0.148. The molecule has 1 heterocycles. The first kappa shape index (κ1) is 44.6. The molecule has 0 spiro atoms. The Labute approximate surface area is 311 Å². The Bertz CT molecular complexity index is 1310. The predicted octanol–water partition coefficient (Wildman–Crippen LogP) is 3.06. The number of hydrogen-bond donors (Lipinski definition) is 3. The number of nitrogens with zero attached hydrogens (tertiary/aromatic N) is 3. The summed E-state index contributed by atoms with van der Waals surface area (Å²) in [6.45, 7) is 13.8. The highest BCUT2D eigenvalue weighted by atomic mass is 16.5. The minimum Gasteiger partial charge on any atom is -0.480 e. The monoisotopic (exact) mass is 731 g/mol. The minimum atomic E-state index is -1.14. The molecular weight excluding hydrogens is 666 g/mol. The second kappa shape index (κ2) is 20.6. The summed E-state index contributed by atoms with van der Waals surface area (Å²) in [5.41, 5.74) is 0.784. The van der Waals surface area contributed by atoms with Gasteiger partial charge < -0.3 is 35.0 Å². The van der Waals surface area contributed by atoms with Crippen molar-refractivity contribution in [3.63, 3.8) is 0 Å². The summed E-state index contributed by atoms with van der Waals surface area (Å²) >= 11 is 0. The second-order valence-corrected chi connectivity index (χ2v) is 15.4. The number of carboxylic acid groups (broad SMARTS) is 1. The highest BCUT2D eigenvalue weighted by molar-refractivity contribution is 5.90. The number of carbonyl (C=O) groups is 5. The molecule has 1 fully saturated rings. The summed E-state index contributed by atoms with van der Waals surface area (Å²) in [7, 11) is 8.40. The van der Waals surface area contributed by atoms with E-state index in [0.717, 1.165) is 5.56 Å². The predicted molar refractivity (Wildman–Crippen MR) is 200 cm³/mol. The van der Waals surface area contributed by atoms with Gasteiger partial charge in [0.1, 0.15) is 12.1 Å². The van der Waals surface area contributed by atoms with Gasteiger partial charge in [0, 0.05) is 34.2 Å². The van der Waals surface area contributed by atoms with E-state index < -0.39 is 60.2 Å². The quantitative estimate of drug-likeness (QED) is 0.183. The van der Waals surface area contributed by atoms with Crippen molar-refractivity contribution in [2.75, 3.05) is 41.9 Å². The standard InChI is InChI=1S/C39H65N5O8/c1-23(2)32(41-37(47)34(25(5)6)42(8)9)38(48)43(10)33(24(3)4)30(51-11)22-31(45)44-20-16-19-29(44)35(52-12)26(7)36(46)40-28(39(49)50)21-27-17-14-13-15-18-27/h13-15,17-18,23-26,28-30,32-35H,16,19-22H2,1-12H3,(H,40,46)(H,41,47)(H,49,50)/t26-,28+,29+,30-,32+,33+,34+,35-/m1/s1. The van der Waals surface area contributed by atoms with Gasteiger partial charge in [-0.15, -0.1) is 0 Å². The third kappa shape index (κ3) is 11.7. The molecule has 13 heteroatoms. The van der Waals surface area contributed by atoms with Crippen LogP contribution in [0.15, 0.2) is 30.3 Å². The zero-order valence-corrected chi connectivity index (χ0v) is 33.4. The lowest BCUT2D eigenvalue weighted by Crippen LogP contribution is -2.59. The van der Waals surface area contributed by atoms with Crippen LogP contribution in [0.3, 0.4) is 0 Å². The fourth-order valence-corrected chi connectivity index (χ4v) is 7.65. The summed E-state index contributed by atoms with van der Waals surface area (Å²) < 4.78 is 11.8. The van der Waals surface area contributed by atoms with Gasteiger partial charge in [0.25, 0.3) is 0 Å². The lowest BCUT2D eigenvalue weighted by atomic mass is 9.91. The highest BCUT2D eigenvalue weighted by Crippen LogP contribution is 2.29. The molecule has 2 rings (SSSR count). The summed E-state index contributed by atoms with van der Waals surface area (Å²) in [5, 5.41) is 15.5. The number of hydrogen-bond acceptors (Lipinski definition) is 8. The molecule has 3 N–H and O–H groups in total. The number of likely N-dealkylation sites (N-methyl/N-ethyl adjacent to an activating group) is 2. The normalized spacial score (nSPS) is 18.8. The molecule has 4 amide bonds. The molecule has 1 aliphatic heterocycles. The SMILES string of the molecule is CO[C@H]([C@@H](C)C(=O)N[C@@H](Cc1ccccc1)C(=O)O)[C@@H]1CCCN1C(=O)C[C@@H](OC)[C@H](C(C)C)N(C)C(=O)[C@@H](NC(=O)[C@H](C(C)C)N(C)C)C(C)C. The zero-order chi connectivity index (χ0) is 39.4. The van der Waals surface area contributed by atoms with Gasteiger partial charge in [-0.3, -0.25) is 24.1 Å². The smallest absolute Gasteiger partial charge is 0.326 e. The van der Waals surface area contributed by atoms with E-state index >= 15 is 0 Å². The number of methoxy groups -OCH3 is 2. The van der Waals surface area contributed by atoms with Gasteiger partial charge in [0.15, 0.2) is 0 Å². The maximum Gasteiger partial charge on any atom is 0.326 e. The van der Waals surface area contributed by atoms with E-state index in [0.29, 0.717) is 19.4 Å². The van der Waals surface area contributed by atoms with E-state index in [9.17, 15) is 29.1 Å². The van der Waals surface area contributed by atoms with Gasteiger partial charge in [0.05, 0.1) is 42.7 Å². The molecule has 13 nitrogen and oxygen atoms in total. The van der Waals surface area contributed by atoms with Crippen LogP contribution < -0.4 is 10.6 Å². The Morgan fingerprint density at radius 1 is 0.865 bits per heavy atom.